The predicted octanol–water partition coefficient (Wildman–Crippen LogP) is 6.23. The Labute approximate surface area is 204 Å². The van der Waals surface area contributed by atoms with Crippen LogP contribution in [-0.4, -0.2) is 35.5 Å². The molecule has 7 heteroatoms. The molecule has 0 radical (unpaired) electrons. The topological polar surface area (TPSA) is 71.9 Å². The summed E-state index contributed by atoms with van der Waals surface area (Å²) in [5.41, 5.74) is 4.40. The minimum absolute atomic E-state index is 0.298. The van der Waals surface area contributed by atoms with Crippen LogP contribution >= 0.6 is 11.3 Å². The van der Waals surface area contributed by atoms with Crippen LogP contribution in [0.3, 0.4) is 0 Å². The molecule has 0 saturated carbocycles. The first kappa shape index (κ1) is 24.0. The minimum Gasteiger partial charge on any atom is -0.478 e. The fraction of sp³-hybridized carbons (Fsp3) is 0.333. The van der Waals surface area contributed by atoms with Crippen molar-refractivity contribution in [1.29, 1.82) is 0 Å². The van der Waals surface area contributed by atoms with Crippen molar-refractivity contribution in [2.24, 2.45) is 0 Å². The molecule has 0 aliphatic carbocycles. The molecule has 0 spiro atoms. The van der Waals surface area contributed by atoms with Crippen molar-refractivity contribution in [2.45, 2.75) is 45.9 Å². The summed E-state index contributed by atoms with van der Waals surface area (Å²) >= 11 is 1.61. The van der Waals surface area contributed by atoms with Crippen molar-refractivity contribution >= 4 is 29.1 Å². The molecule has 1 aliphatic heterocycles. The zero-order valence-electron chi connectivity index (χ0n) is 19.6. The number of nitrogens with zero attached hydrogens (tertiary/aromatic N) is 2. The Balaban J connectivity index is 1.55. The molecule has 0 amide bonds. The van der Waals surface area contributed by atoms with Gasteiger partial charge in [0.25, 0.3) is 0 Å². The van der Waals surface area contributed by atoms with E-state index in [4.69, 9.17) is 9.47 Å². The number of aromatic nitrogens is 1. The number of anilines is 1. The molecule has 3 aromatic rings. The zero-order chi connectivity index (χ0) is 23.9. The number of thiazole rings is 1. The lowest BCUT2D eigenvalue weighted by Gasteiger charge is -2.24. The average molecular weight is 479 g/mol. The van der Waals surface area contributed by atoms with Crippen LogP contribution in [0.4, 0.5) is 5.69 Å². The number of carboxylic acids is 1. The van der Waals surface area contributed by atoms with Crippen LogP contribution in [0, 0.1) is 0 Å². The maximum absolute atomic E-state index is 11.8. The first-order valence-electron chi connectivity index (χ1n) is 11.6. The van der Waals surface area contributed by atoms with E-state index in [-0.39, 0.29) is 6.29 Å². The maximum Gasteiger partial charge on any atom is 0.331 e. The second-order valence-electron chi connectivity index (χ2n) is 8.28. The van der Waals surface area contributed by atoms with Crippen molar-refractivity contribution in [3.8, 4) is 16.9 Å². The van der Waals surface area contributed by atoms with Crippen LogP contribution in [0.25, 0.3) is 17.2 Å². The molecule has 1 aromatic heterocycles. The molecular weight excluding hydrogens is 448 g/mol. The van der Waals surface area contributed by atoms with Gasteiger partial charge in [-0.2, -0.15) is 0 Å². The molecule has 1 N–H and O–H groups in total. The molecular formula is C27H30N2O4S. The molecule has 1 unspecified atom stereocenters. The third-order valence-corrected chi connectivity index (χ3v) is 6.54. The summed E-state index contributed by atoms with van der Waals surface area (Å²) in [6.07, 6.45) is 5.89. The summed E-state index contributed by atoms with van der Waals surface area (Å²) in [7, 11) is 0. The summed E-state index contributed by atoms with van der Waals surface area (Å²) in [5.74, 6) is -0.116. The van der Waals surface area contributed by atoms with Crippen LogP contribution in [0.5, 0.6) is 5.75 Å². The van der Waals surface area contributed by atoms with Crippen molar-refractivity contribution in [3.05, 3.63) is 70.2 Å². The molecule has 0 fully saturated rings. The SMILES string of the molecule is CCCCOC(C)Oc1ccc(-c2ccc3c(c2)C=C(C(=O)O)CCN3Cc2nccs2)cc1. The Hall–Kier alpha value is -3.16. The lowest BCUT2D eigenvalue weighted by atomic mass is 10.00. The zero-order valence-corrected chi connectivity index (χ0v) is 20.4. The number of benzene rings is 2. The van der Waals surface area contributed by atoms with Gasteiger partial charge in [0.1, 0.15) is 10.8 Å². The number of unbranched alkanes of at least 4 members (excludes halogenated alkanes) is 1. The Morgan fingerprint density at radius 3 is 2.71 bits per heavy atom. The highest BCUT2D eigenvalue weighted by molar-refractivity contribution is 7.09. The summed E-state index contributed by atoms with van der Waals surface area (Å²) < 4.78 is 11.5. The lowest BCUT2D eigenvalue weighted by Crippen LogP contribution is -2.24. The van der Waals surface area contributed by atoms with Crippen LogP contribution in [0.15, 0.2) is 59.6 Å². The largest absolute Gasteiger partial charge is 0.478 e. The normalized spacial score (nSPS) is 14.2. The van der Waals surface area contributed by atoms with E-state index in [0.29, 0.717) is 31.7 Å². The van der Waals surface area contributed by atoms with Crippen LogP contribution < -0.4 is 9.64 Å². The van der Waals surface area contributed by atoms with Gasteiger partial charge in [-0.05, 0) is 66.8 Å². The number of carboxylic acid groups (broad SMARTS) is 1. The predicted molar refractivity (Wildman–Crippen MR) is 136 cm³/mol. The van der Waals surface area contributed by atoms with E-state index >= 15 is 0 Å². The van der Waals surface area contributed by atoms with Gasteiger partial charge in [-0.25, -0.2) is 9.78 Å². The highest BCUT2D eigenvalue weighted by Gasteiger charge is 2.20. The Kier molecular flexibility index (Phi) is 7.98. The molecule has 1 atom stereocenters. The first-order valence-corrected chi connectivity index (χ1v) is 12.5. The lowest BCUT2D eigenvalue weighted by molar-refractivity contribution is -0.132. The molecule has 2 aromatic carbocycles. The van der Waals surface area contributed by atoms with Gasteiger partial charge in [0.15, 0.2) is 6.29 Å². The highest BCUT2D eigenvalue weighted by Crippen LogP contribution is 2.34. The van der Waals surface area contributed by atoms with Gasteiger partial charge in [-0.15, -0.1) is 11.3 Å². The quantitative estimate of drug-likeness (QED) is 0.275. The minimum atomic E-state index is -0.871. The Morgan fingerprint density at radius 2 is 2.00 bits per heavy atom. The van der Waals surface area contributed by atoms with Gasteiger partial charge in [-0.1, -0.05) is 31.5 Å². The Morgan fingerprint density at radius 1 is 1.21 bits per heavy atom. The molecule has 1 aliphatic rings. The molecule has 0 saturated heterocycles. The summed E-state index contributed by atoms with van der Waals surface area (Å²) in [5, 5.41) is 12.6. The second kappa shape index (κ2) is 11.3. The molecule has 178 valence electrons. The standard InChI is InChI=1S/C27H30N2O4S/c1-3-4-14-32-19(2)33-24-8-5-20(6-9-24)21-7-10-25-23(16-21)17-22(27(30)31)11-13-29(25)18-26-28-12-15-34-26/h5-10,12,15-17,19H,3-4,11,13-14,18H2,1-2H3,(H,30,31). The molecule has 6 nitrogen and oxygen atoms in total. The number of aliphatic carboxylic acids is 1. The molecule has 2 heterocycles. The highest BCUT2D eigenvalue weighted by atomic mass is 32.1. The van der Waals surface area contributed by atoms with Crippen molar-refractivity contribution in [2.75, 3.05) is 18.1 Å². The van der Waals surface area contributed by atoms with Crippen LogP contribution in [0.1, 0.15) is 43.7 Å². The summed E-state index contributed by atoms with van der Waals surface area (Å²) in [4.78, 5) is 18.4. The third-order valence-electron chi connectivity index (χ3n) is 5.77. The van der Waals surface area contributed by atoms with E-state index in [1.165, 1.54) is 0 Å². The molecule has 4 rings (SSSR count). The van der Waals surface area contributed by atoms with Gasteiger partial charge in [0, 0.05) is 29.4 Å². The average Bonchev–Trinajstić information content (AvgIpc) is 3.27. The van der Waals surface area contributed by atoms with Gasteiger partial charge in [-0.3, -0.25) is 0 Å². The summed E-state index contributed by atoms with van der Waals surface area (Å²) in [6, 6.07) is 14.1. The van der Waals surface area contributed by atoms with Crippen LogP contribution in [-0.2, 0) is 16.1 Å². The van der Waals surface area contributed by atoms with E-state index in [1.54, 1.807) is 23.6 Å². The first-order chi connectivity index (χ1) is 16.5. The van der Waals surface area contributed by atoms with Gasteiger partial charge in [0.05, 0.1) is 13.2 Å². The van der Waals surface area contributed by atoms with Crippen LogP contribution in [0.2, 0.25) is 0 Å². The number of hydrogen-bond donors (Lipinski definition) is 1. The van der Waals surface area contributed by atoms with E-state index in [2.05, 4.69) is 35.0 Å². The van der Waals surface area contributed by atoms with E-state index in [9.17, 15) is 9.90 Å². The van der Waals surface area contributed by atoms with Gasteiger partial charge >= 0.3 is 5.97 Å². The fourth-order valence-corrected chi connectivity index (χ4v) is 4.58. The maximum atomic E-state index is 11.8. The van der Waals surface area contributed by atoms with E-state index in [0.717, 1.165) is 46.0 Å². The number of carbonyl (C=O) groups is 1. The van der Waals surface area contributed by atoms with E-state index < -0.39 is 5.97 Å². The number of ether oxygens (including phenoxy) is 2. The molecule has 34 heavy (non-hydrogen) atoms. The number of fused-ring (bicyclic) bond motifs is 1. The fourth-order valence-electron chi connectivity index (χ4n) is 3.95. The van der Waals surface area contributed by atoms with Crippen molar-refractivity contribution < 1.29 is 19.4 Å². The van der Waals surface area contributed by atoms with Crippen molar-refractivity contribution in [1.82, 2.24) is 4.98 Å². The van der Waals surface area contributed by atoms with Gasteiger partial charge < -0.3 is 19.5 Å². The Bertz CT molecular complexity index is 1130. The number of rotatable bonds is 10. The third kappa shape index (κ3) is 6.04. The smallest absolute Gasteiger partial charge is 0.331 e. The van der Waals surface area contributed by atoms with E-state index in [1.807, 2.05) is 36.6 Å². The molecule has 0 bridgehead atoms. The second-order valence-corrected chi connectivity index (χ2v) is 9.26. The van der Waals surface area contributed by atoms with Gasteiger partial charge in [0.2, 0.25) is 0 Å². The monoisotopic (exact) mass is 478 g/mol. The number of hydrogen-bond acceptors (Lipinski definition) is 6. The van der Waals surface area contributed by atoms with Crippen molar-refractivity contribution in [3.63, 3.8) is 0 Å². The summed E-state index contributed by atoms with van der Waals surface area (Å²) in [6.45, 7) is 6.02.